The van der Waals surface area contributed by atoms with Crippen molar-refractivity contribution in [3.05, 3.63) is 41.4 Å². The van der Waals surface area contributed by atoms with Gasteiger partial charge in [0.1, 0.15) is 0 Å². The zero-order valence-corrected chi connectivity index (χ0v) is 12.3. The van der Waals surface area contributed by atoms with Crippen LogP contribution in [-0.2, 0) is 10.0 Å². The fourth-order valence-electron chi connectivity index (χ4n) is 1.45. The van der Waals surface area contributed by atoms with Crippen molar-refractivity contribution in [2.24, 2.45) is 0 Å². The first kappa shape index (κ1) is 14.0. The second-order valence-electron chi connectivity index (χ2n) is 4.01. The van der Waals surface area contributed by atoms with Crippen molar-refractivity contribution in [2.75, 3.05) is 11.8 Å². The van der Waals surface area contributed by atoms with Crippen molar-refractivity contribution in [3.8, 4) is 0 Å². The lowest BCUT2D eigenvalue weighted by Gasteiger charge is -2.06. The second-order valence-corrected chi connectivity index (χ2v) is 6.55. The van der Waals surface area contributed by atoms with E-state index in [0.29, 0.717) is 5.13 Å². The molecule has 0 radical (unpaired) electrons. The third-order valence-corrected chi connectivity index (χ3v) is 4.93. The fraction of sp³-hybridized carbons (Fsp3) is 0.250. The molecule has 0 aliphatic heterocycles. The number of nitrogens with one attached hydrogen (secondary N) is 2. The fourth-order valence-corrected chi connectivity index (χ4v) is 3.53. The molecule has 1 aromatic heterocycles. The molecule has 0 spiro atoms. The molecule has 102 valence electrons. The third kappa shape index (κ3) is 3.31. The molecule has 19 heavy (non-hydrogen) atoms. The Morgan fingerprint density at radius 1 is 1.26 bits per heavy atom. The lowest BCUT2D eigenvalue weighted by molar-refractivity contribution is 0.601. The first-order chi connectivity index (χ1) is 9.03. The molecule has 1 aromatic carbocycles. The molecule has 5 nitrogen and oxygen atoms in total. The molecule has 2 N–H and O–H groups in total. The van der Waals surface area contributed by atoms with E-state index in [4.69, 9.17) is 0 Å². The summed E-state index contributed by atoms with van der Waals surface area (Å²) < 4.78 is 26.7. The topological polar surface area (TPSA) is 71.1 Å². The number of sulfonamides is 1. The van der Waals surface area contributed by atoms with Gasteiger partial charge in [-0.15, -0.1) is 11.3 Å². The highest BCUT2D eigenvalue weighted by Gasteiger charge is 2.16. The Bertz CT molecular complexity index is 638. The van der Waals surface area contributed by atoms with Gasteiger partial charge in [0.05, 0.1) is 10.6 Å². The quantitative estimate of drug-likeness (QED) is 0.888. The zero-order chi connectivity index (χ0) is 13.9. The largest absolute Gasteiger partial charge is 0.312 e. The van der Waals surface area contributed by atoms with E-state index in [1.54, 1.807) is 30.3 Å². The molecule has 2 aromatic rings. The molecule has 0 saturated heterocycles. The van der Waals surface area contributed by atoms with Gasteiger partial charge in [0.15, 0.2) is 5.13 Å². The van der Waals surface area contributed by atoms with E-state index in [9.17, 15) is 8.42 Å². The van der Waals surface area contributed by atoms with Gasteiger partial charge in [0.25, 0.3) is 10.0 Å². The summed E-state index contributed by atoms with van der Waals surface area (Å²) in [5.74, 6) is 0. The summed E-state index contributed by atoms with van der Waals surface area (Å²) in [6.45, 7) is 1.96. The van der Waals surface area contributed by atoms with E-state index >= 15 is 0 Å². The molecule has 1 atom stereocenters. The van der Waals surface area contributed by atoms with Gasteiger partial charge in [-0.3, -0.25) is 4.72 Å². The van der Waals surface area contributed by atoms with Crippen molar-refractivity contribution in [2.45, 2.75) is 17.9 Å². The average Bonchev–Trinajstić information content (AvgIpc) is 2.86. The smallest absolute Gasteiger partial charge is 0.263 e. The molecular weight excluding hydrogens is 282 g/mol. The molecule has 0 amide bonds. The molecule has 0 fully saturated rings. The van der Waals surface area contributed by atoms with Crippen molar-refractivity contribution < 1.29 is 8.42 Å². The van der Waals surface area contributed by atoms with E-state index in [0.717, 1.165) is 5.69 Å². The first-order valence-corrected chi connectivity index (χ1v) is 8.10. The van der Waals surface area contributed by atoms with Crippen LogP contribution in [0, 0.1) is 0 Å². The predicted molar refractivity (Wildman–Crippen MR) is 76.8 cm³/mol. The van der Waals surface area contributed by atoms with Crippen molar-refractivity contribution >= 4 is 26.5 Å². The summed E-state index contributed by atoms with van der Waals surface area (Å²) in [5, 5.41) is 5.27. The van der Waals surface area contributed by atoms with Crippen LogP contribution in [0.4, 0.5) is 5.13 Å². The molecule has 0 saturated carbocycles. The van der Waals surface area contributed by atoms with Crippen LogP contribution in [0.15, 0.2) is 40.6 Å². The Balaban J connectivity index is 2.19. The van der Waals surface area contributed by atoms with Crippen molar-refractivity contribution in [1.29, 1.82) is 0 Å². The van der Waals surface area contributed by atoms with Crippen LogP contribution in [0.1, 0.15) is 18.7 Å². The molecule has 2 rings (SSSR count). The maximum Gasteiger partial charge on any atom is 0.263 e. The summed E-state index contributed by atoms with van der Waals surface area (Å²) in [4.78, 5) is 4.49. The van der Waals surface area contributed by atoms with Crippen LogP contribution in [0.25, 0.3) is 0 Å². The SMILES string of the molecule is CNC(C)c1csc(NS(=O)(=O)c2ccccc2)n1. The maximum absolute atomic E-state index is 12.1. The highest BCUT2D eigenvalue weighted by atomic mass is 32.2. The van der Waals surface area contributed by atoms with Gasteiger partial charge in [-0.05, 0) is 26.1 Å². The lowest BCUT2D eigenvalue weighted by atomic mass is 10.3. The summed E-state index contributed by atoms with van der Waals surface area (Å²) in [6, 6.07) is 8.33. The minimum atomic E-state index is -3.55. The van der Waals surface area contributed by atoms with Gasteiger partial charge in [0.2, 0.25) is 0 Å². The van der Waals surface area contributed by atoms with Crippen LogP contribution in [0.3, 0.4) is 0 Å². The number of hydrogen-bond acceptors (Lipinski definition) is 5. The van der Waals surface area contributed by atoms with Crippen molar-refractivity contribution in [3.63, 3.8) is 0 Å². The number of anilines is 1. The van der Waals surface area contributed by atoms with Gasteiger partial charge < -0.3 is 5.32 Å². The van der Waals surface area contributed by atoms with Gasteiger partial charge >= 0.3 is 0 Å². The Kier molecular flexibility index (Phi) is 4.18. The van der Waals surface area contributed by atoms with E-state index in [2.05, 4.69) is 15.0 Å². The average molecular weight is 297 g/mol. The predicted octanol–water partition coefficient (Wildman–Crippen LogP) is 2.22. The van der Waals surface area contributed by atoms with Gasteiger partial charge in [-0.1, -0.05) is 18.2 Å². The number of aromatic nitrogens is 1. The first-order valence-electron chi connectivity index (χ1n) is 5.73. The van der Waals surface area contributed by atoms with Gasteiger partial charge in [-0.2, -0.15) is 0 Å². The minimum absolute atomic E-state index is 0.0891. The van der Waals surface area contributed by atoms with Gasteiger partial charge in [0, 0.05) is 11.4 Å². The highest BCUT2D eigenvalue weighted by Crippen LogP contribution is 2.23. The van der Waals surface area contributed by atoms with Crippen LogP contribution in [0.2, 0.25) is 0 Å². The number of hydrogen-bond donors (Lipinski definition) is 2. The monoisotopic (exact) mass is 297 g/mol. The number of nitrogens with zero attached hydrogens (tertiary/aromatic N) is 1. The van der Waals surface area contributed by atoms with E-state index in [1.165, 1.54) is 11.3 Å². The molecule has 7 heteroatoms. The zero-order valence-electron chi connectivity index (χ0n) is 10.6. The number of benzene rings is 1. The summed E-state index contributed by atoms with van der Waals surface area (Å²) in [7, 11) is -1.72. The Labute approximate surface area is 116 Å². The third-order valence-electron chi connectivity index (χ3n) is 2.67. The van der Waals surface area contributed by atoms with E-state index < -0.39 is 10.0 Å². The summed E-state index contributed by atoms with van der Waals surface area (Å²) in [6.07, 6.45) is 0. The minimum Gasteiger partial charge on any atom is -0.312 e. The Hall–Kier alpha value is -1.44. The Morgan fingerprint density at radius 2 is 1.95 bits per heavy atom. The molecule has 0 aliphatic rings. The van der Waals surface area contributed by atoms with E-state index in [1.807, 2.05) is 19.4 Å². The van der Waals surface area contributed by atoms with Crippen LogP contribution >= 0.6 is 11.3 Å². The van der Waals surface area contributed by atoms with E-state index in [-0.39, 0.29) is 10.9 Å². The van der Waals surface area contributed by atoms with Gasteiger partial charge in [-0.25, -0.2) is 13.4 Å². The molecule has 1 unspecified atom stereocenters. The molecule has 0 bridgehead atoms. The molecule has 1 heterocycles. The number of rotatable bonds is 5. The highest BCUT2D eigenvalue weighted by molar-refractivity contribution is 7.93. The molecular formula is C12H15N3O2S2. The van der Waals surface area contributed by atoms with Crippen LogP contribution in [-0.4, -0.2) is 20.4 Å². The maximum atomic E-state index is 12.1. The lowest BCUT2D eigenvalue weighted by Crippen LogP contribution is -2.14. The van der Waals surface area contributed by atoms with Crippen LogP contribution in [0.5, 0.6) is 0 Å². The normalized spacial score (nSPS) is 13.2. The number of thiazole rings is 1. The molecule has 0 aliphatic carbocycles. The van der Waals surface area contributed by atoms with Crippen LogP contribution < -0.4 is 10.0 Å². The second kappa shape index (κ2) is 5.68. The summed E-state index contributed by atoms with van der Waals surface area (Å²) >= 11 is 1.27. The standard InChI is InChI=1S/C12H15N3O2S2/c1-9(13-2)11-8-18-12(14-11)15-19(16,17)10-6-4-3-5-7-10/h3-9,13H,1-2H3,(H,14,15). The Morgan fingerprint density at radius 3 is 2.58 bits per heavy atom. The van der Waals surface area contributed by atoms with Crippen molar-refractivity contribution in [1.82, 2.24) is 10.3 Å². The summed E-state index contributed by atoms with van der Waals surface area (Å²) in [5.41, 5.74) is 0.818.